The highest BCUT2D eigenvalue weighted by molar-refractivity contribution is 7.13. The molecule has 0 bridgehead atoms. The lowest BCUT2D eigenvalue weighted by atomic mass is 9.81. The van der Waals surface area contributed by atoms with Crippen LogP contribution in [0.3, 0.4) is 0 Å². The number of aromatic amines is 1. The van der Waals surface area contributed by atoms with Gasteiger partial charge in [0.15, 0.2) is 5.82 Å². The molecular formula is C13H17N3S. The summed E-state index contributed by atoms with van der Waals surface area (Å²) in [6.07, 6.45) is 3.81. The molecular weight excluding hydrogens is 230 g/mol. The third-order valence-electron chi connectivity index (χ3n) is 3.83. The molecule has 0 aromatic carbocycles. The van der Waals surface area contributed by atoms with E-state index in [9.17, 15) is 0 Å². The van der Waals surface area contributed by atoms with Gasteiger partial charge in [-0.3, -0.25) is 5.10 Å². The van der Waals surface area contributed by atoms with Gasteiger partial charge in [0, 0.05) is 5.92 Å². The molecule has 90 valence electrons. The number of aromatic nitrogens is 3. The Bertz CT molecular complexity index is 498. The number of rotatable bonds is 2. The standard InChI is InChI=1S/C13H17N3S/c1-13(2)7-3-5-9(13)11-14-12(16-15-11)10-6-4-8-17-10/h4,6,8-9H,3,5,7H2,1-2H3,(H,14,15,16). The second kappa shape index (κ2) is 3.95. The molecule has 1 N–H and O–H groups in total. The Hall–Kier alpha value is -1.16. The maximum atomic E-state index is 4.67. The summed E-state index contributed by atoms with van der Waals surface area (Å²) in [7, 11) is 0. The monoisotopic (exact) mass is 247 g/mol. The van der Waals surface area contributed by atoms with Gasteiger partial charge < -0.3 is 0 Å². The van der Waals surface area contributed by atoms with Crippen molar-refractivity contribution in [3.05, 3.63) is 23.3 Å². The highest BCUT2D eigenvalue weighted by Crippen LogP contribution is 2.47. The zero-order valence-corrected chi connectivity index (χ0v) is 11.0. The van der Waals surface area contributed by atoms with Crippen LogP contribution in [0, 0.1) is 5.41 Å². The number of hydrogen-bond donors (Lipinski definition) is 1. The topological polar surface area (TPSA) is 41.6 Å². The van der Waals surface area contributed by atoms with E-state index in [1.165, 1.54) is 19.3 Å². The molecule has 0 spiro atoms. The maximum absolute atomic E-state index is 4.67. The average molecular weight is 247 g/mol. The average Bonchev–Trinajstić information content (AvgIpc) is 2.94. The number of thiophene rings is 1. The van der Waals surface area contributed by atoms with Crippen LogP contribution in [0.1, 0.15) is 44.9 Å². The lowest BCUT2D eigenvalue weighted by molar-refractivity contribution is 0.322. The van der Waals surface area contributed by atoms with Gasteiger partial charge in [0.25, 0.3) is 0 Å². The first-order valence-corrected chi connectivity index (χ1v) is 7.01. The highest BCUT2D eigenvalue weighted by atomic mass is 32.1. The van der Waals surface area contributed by atoms with Crippen molar-refractivity contribution in [2.75, 3.05) is 0 Å². The van der Waals surface area contributed by atoms with E-state index in [2.05, 4.69) is 40.5 Å². The number of hydrogen-bond acceptors (Lipinski definition) is 3. The first-order valence-electron chi connectivity index (χ1n) is 6.13. The minimum atomic E-state index is 0.353. The summed E-state index contributed by atoms with van der Waals surface area (Å²) in [6, 6.07) is 4.10. The van der Waals surface area contributed by atoms with Crippen LogP contribution >= 0.6 is 11.3 Å². The van der Waals surface area contributed by atoms with Crippen LogP contribution in [-0.4, -0.2) is 15.2 Å². The van der Waals surface area contributed by atoms with Crippen molar-refractivity contribution in [3.63, 3.8) is 0 Å². The maximum Gasteiger partial charge on any atom is 0.191 e. The molecule has 1 unspecified atom stereocenters. The summed E-state index contributed by atoms with van der Waals surface area (Å²) in [6.45, 7) is 4.66. The third kappa shape index (κ3) is 1.90. The molecule has 1 aliphatic carbocycles. The Balaban J connectivity index is 1.91. The lowest BCUT2D eigenvalue weighted by Gasteiger charge is -2.24. The van der Waals surface area contributed by atoms with Crippen LogP contribution in [0.2, 0.25) is 0 Å². The summed E-state index contributed by atoms with van der Waals surface area (Å²) < 4.78 is 0. The van der Waals surface area contributed by atoms with Crippen LogP contribution in [0.5, 0.6) is 0 Å². The molecule has 1 atom stereocenters. The van der Waals surface area contributed by atoms with E-state index in [-0.39, 0.29) is 0 Å². The van der Waals surface area contributed by atoms with Gasteiger partial charge >= 0.3 is 0 Å². The molecule has 0 radical (unpaired) electrons. The molecule has 1 aliphatic rings. The van der Waals surface area contributed by atoms with Gasteiger partial charge in [0.1, 0.15) is 5.82 Å². The molecule has 0 saturated heterocycles. The van der Waals surface area contributed by atoms with Crippen LogP contribution in [0.4, 0.5) is 0 Å². The van der Waals surface area contributed by atoms with Crippen molar-refractivity contribution in [3.8, 4) is 10.7 Å². The molecule has 17 heavy (non-hydrogen) atoms. The first-order chi connectivity index (χ1) is 8.17. The smallest absolute Gasteiger partial charge is 0.191 e. The molecule has 2 aromatic heterocycles. The summed E-state index contributed by atoms with van der Waals surface area (Å²) >= 11 is 1.69. The first kappa shape index (κ1) is 11.0. The quantitative estimate of drug-likeness (QED) is 0.876. The van der Waals surface area contributed by atoms with Crippen molar-refractivity contribution in [2.45, 2.75) is 39.0 Å². The molecule has 1 saturated carbocycles. The minimum absolute atomic E-state index is 0.353. The fourth-order valence-electron chi connectivity index (χ4n) is 2.78. The van der Waals surface area contributed by atoms with Crippen molar-refractivity contribution < 1.29 is 0 Å². The molecule has 2 aromatic rings. The van der Waals surface area contributed by atoms with Gasteiger partial charge in [-0.15, -0.1) is 11.3 Å². The summed E-state index contributed by atoms with van der Waals surface area (Å²) in [4.78, 5) is 5.82. The van der Waals surface area contributed by atoms with Crippen LogP contribution < -0.4 is 0 Å². The molecule has 4 heteroatoms. The van der Waals surface area contributed by atoms with E-state index in [0.29, 0.717) is 11.3 Å². The Morgan fingerprint density at radius 1 is 1.47 bits per heavy atom. The van der Waals surface area contributed by atoms with Crippen molar-refractivity contribution in [2.24, 2.45) is 5.41 Å². The van der Waals surface area contributed by atoms with Crippen LogP contribution in [-0.2, 0) is 0 Å². The SMILES string of the molecule is CC1(C)CCCC1c1nc(-c2cccs2)n[nH]1. The van der Waals surface area contributed by atoms with Crippen LogP contribution in [0.25, 0.3) is 10.7 Å². The third-order valence-corrected chi connectivity index (χ3v) is 4.70. The number of nitrogens with one attached hydrogen (secondary N) is 1. The van der Waals surface area contributed by atoms with Gasteiger partial charge in [0.2, 0.25) is 0 Å². The Labute approximate surface area is 105 Å². The van der Waals surface area contributed by atoms with E-state index in [0.717, 1.165) is 16.5 Å². The van der Waals surface area contributed by atoms with E-state index in [1.54, 1.807) is 11.3 Å². The van der Waals surface area contributed by atoms with Crippen molar-refractivity contribution in [1.29, 1.82) is 0 Å². The molecule has 3 nitrogen and oxygen atoms in total. The van der Waals surface area contributed by atoms with E-state index < -0.39 is 0 Å². The Morgan fingerprint density at radius 2 is 2.35 bits per heavy atom. The summed E-state index contributed by atoms with van der Waals surface area (Å²) in [5.41, 5.74) is 0.353. The van der Waals surface area contributed by atoms with Gasteiger partial charge in [-0.25, -0.2) is 4.98 Å². The molecule has 0 aliphatic heterocycles. The van der Waals surface area contributed by atoms with E-state index in [1.807, 2.05) is 6.07 Å². The lowest BCUT2D eigenvalue weighted by Crippen LogP contribution is -2.16. The summed E-state index contributed by atoms with van der Waals surface area (Å²) in [5, 5.41) is 9.54. The highest BCUT2D eigenvalue weighted by Gasteiger charge is 2.37. The van der Waals surface area contributed by atoms with Gasteiger partial charge in [-0.1, -0.05) is 26.3 Å². The second-order valence-electron chi connectivity index (χ2n) is 5.45. The van der Waals surface area contributed by atoms with Crippen LogP contribution in [0.15, 0.2) is 17.5 Å². The predicted octanol–water partition coefficient (Wildman–Crippen LogP) is 3.83. The Morgan fingerprint density at radius 3 is 3.00 bits per heavy atom. The predicted molar refractivity (Wildman–Crippen MR) is 70.1 cm³/mol. The van der Waals surface area contributed by atoms with Gasteiger partial charge in [0.05, 0.1) is 4.88 Å². The van der Waals surface area contributed by atoms with Gasteiger partial charge in [-0.05, 0) is 29.7 Å². The normalized spacial score (nSPS) is 23.1. The minimum Gasteiger partial charge on any atom is -0.262 e. The largest absolute Gasteiger partial charge is 0.262 e. The molecule has 1 fully saturated rings. The zero-order valence-electron chi connectivity index (χ0n) is 10.2. The molecule has 0 amide bonds. The molecule has 3 rings (SSSR count). The summed E-state index contributed by atoms with van der Waals surface area (Å²) in [5.74, 6) is 2.44. The second-order valence-corrected chi connectivity index (χ2v) is 6.40. The Kier molecular flexibility index (Phi) is 2.54. The van der Waals surface area contributed by atoms with Crippen molar-refractivity contribution in [1.82, 2.24) is 15.2 Å². The van der Waals surface area contributed by atoms with Gasteiger partial charge in [-0.2, -0.15) is 5.10 Å². The van der Waals surface area contributed by atoms with Crippen molar-refractivity contribution >= 4 is 11.3 Å². The number of nitrogens with zero attached hydrogens (tertiary/aromatic N) is 2. The molecule has 2 heterocycles. The zero-order chi connectivity index (χ0) is 11.9. The van der Waals surface area contributed by atoms with E-state index in [4.69, 9.17) is 0 Å². The van der Waals surface area contributed by atoms with E-state index >= 15 is 0 Å². The fourth-order valence-corrected chi connectivity index (χ4v) is 3.44. The number of H-pyrrole nitrogens is 1. The fraction of sp³-hybridized carbons (Fsp3) is 0.538.